The van der Waals surface area contributed by atoms with Gasteiger partial charge in [0.1, 0.15) is 30.1 Å². The first-order chi connectivity index (χ1) is 14.2. The van der Waals surface area contributed by atoms with E-state index in [-0.39, 0.29) is 23.2 Å². The minimum Gasteiger partial charge on any atom is -0.459 e. The van der Waals surface area contributed by atoms with E-state index in [0.29, 0.717) is 11.6 Å². The highest BCUT2D eigenvalue weighted by atomic mass is 19.1. The molecule has 10 heteroatoms. The monoisotopic (exact) mass is 421 g/mol. The van der Waals surface area contributed by atoms with Gasteiger partial charge in [0.2, 0.25) is 0 Å². The number of halogens is 3. The van der Waals surface area contributed by atoms with Gasteiger partial charge in [-0.05, 0) is 29.7 Å². The van der Waals surface area contributed by atoms with Gasteiger partial charge in [-0.25, -0.2) is 18.0 Å². The first kappa shape index (κ1) is 21.9. The van der Waals surface area contributed by atoms with Gasteiger partial charge in [0, 0.05) is 17.1 Å². The molecular weight excluding hydrogens is 402 g/mol. The summed E-state index contributed by atoms with van der Waals surface area (Å²) in [6, 6.07) is 4.40. The van der Waals surface area contributed by atoms with E-state index in [9.17, 15) is 27.8 Å². The smallest absolute Gasteiger partial charge is 0.459 e. The van der Waals surface area contributed by atoms with Crippen molar-refractivity contribution in [3.63, 3.8) is 0 Å². The predicted octanol–water partition coefficient (Wildman–Crippen LogP) is 1.82. The maximum absolute atomic E-state index is 14.7. The summed E-state index contributed by atoms with van der Waals surface area (Å²) in [6.07, 6.45) is 0. The fraction of sp³-hybridized carbons (Fsp3) is 0.300. The number of benzene rings is 2. The highest BCUT2D eigenvalue weighted by molar-refractivity contribution is 6.61. The lowest BCUT2D eigenvalue weighted by atomic mass is 9.78. The molecule has 1 aliphatic heterocycles. The van der Waals surface area contributed by atoms with E-state index in [0.717, 1.165) is 12.1 Å². The molecule has 0 bridgehead atoms. The van der Waals surface area contributed by atoms with E-state index >= 15 is 0 Å². The van der Waals surface area contributed by atoms with Crippen LogP contribution >= 0.6 is 0 Å². The van der Waals surface area contributed by atoms with Gasteiger partial charge in [0.15, 0.2) is 0 Å². The summed E-state index contributed by atoms with van der Waals surface area (Å²) in [4.78, 5) is 25.0. The van der Waals surface area contributed by atoms with E-state index in [1.54, 1.807) is 13.8 Å². The average molecular weight is 421 g/mol. The Morgan fingerprint density at radius 1 is 1.23 bits per heavy atom. The molecule has 0 saturated carbocycles. The van der Waals surface area contributed by atoms with Gasteiger partial charge < -0.3 is 19.7 Å². The highest BCUT2D eigenvalue weighted by Crippen LogP contribution is 2.17. The van der Waals surface area contributed by atoms with Gasteiger partial charge >= 0.3 is 13.1 Å². The molecule has 0 fully saturated rings. The lowest BCUT2D eigenvalue weighted by molar-refractivity contribution is -0.148. The molecule has 2 aromatic carbocycles. The molecule has 1 aliphatic rings. The molecule has 1 amide bonds. The molecule has 1 atom stereocenters. The Morgan fingerprint density at radius 3 is 2.63 bits per heavy atom. The highest BCUT2D eigenvalue weighted by Gasteiger charge is 2.34. The molecule has 0 spiro atoms. The van der Waals surface area contributed by atoms with Crippen molar-refractivity contribution in [3.05, 3.63) is 64.5 Å². The van der Waals surface area contributed by atoms with Crippen molar-refractivity contribution >= 4 is 24.5 Å². The van der Waals surface area contributed by atoms with Crippen LogP contribution in [0.1, 0.15) is 35.3 Å². The third kappa shape index (κ3) is 4.49. The van der Waals surface area contributed by atoms with Gasteiger partial charge in [-0.15, -0.1) is 0 Å². The number of hydrogen-bond acceptors (Lipinski definition) is 5. The Morgan fingerprint density at radius 2 is 1.97 bits per heavy atom. The topological polar surface area (TPSA) is 84.9 Å². The zero-order valence-corrected chi connectivity index (χ0v) is 16.2. The molecule has 2 aromatic rings. The van der Waals surface area contributed by atoms with Crippen LogP contribution in [-0.4, -0.2) is 30.1 Å². The third-order valence-electron chi connectivity index (χ3n) is 4.75. The number of ether oxygens (including phenoxy) is 1. The van der Waals surface area contributed by atoms with Crippen molar-refractivity contribution in [3.8, 4) is 0 Å². The summed E-state index contributed by atoms with van der Waals surface area (Å²) >= 11 is 0. The summed E-state index contributed by atoms with van der Waals surface area (Å²) in [7, 11) is -1.47. The average Bonchev–Trinajstić information content (AvgIpc) is 3.06. The number of fused-ring (bicyclic) bond motifs is 1. The van der Waals surface area contributed by atoms with Crippen LogP contribution in [0.15, 0.2) is 30.3 Å². The Hall–Kier alpha value is -2.85. The van der Waals surface area contributed by atoms with Crippen molar-refractivity contribution in [1.82, 2.24) is 5.32 Å². The number of amides is 1. The molecule has 3 rings (SSSR count). The lowest BCUT2D eigenvalue weighted by Gasteiger charge is -2.21. The number of hydrogen-bond donors (Lipinski definition) is 2. The van der Waals surface area contributed by atoms with Crippen molar-refractivity contribution in [2.75, 3.05) is 0 Å². The normalized spacial score (nSPS) is 13.9. The third-order valence-corrected chi connectivity index (χ3v) is 4.75. The maximum atomic E-state index is 14.7. The maximum Gasteiger partial charge on any atom is 0.494 e. The van der Waals surface area contributed by atoms with E-state index in [2.05, 4.69) is 5.32 Å². The van der Waals surface area contributed by atoms with Crippen LogP contribution in [0.25, 0.3) is 0 Å². The minimum absolute atomic E-state index is 0.0240. The summed E-state index contributed by atoms with van der Waals surface area (Å²) in [6.45, 7) is 2.85. The predicted molar refractivity (Wildman–Crippen MR) is 101 cm³/mol. The van der Waals surface area contributed by atoms with Crippen LogP contribution in [0.3, 0.4) is 0 Å². The second kappa shape index (κ2) is 8.89. The first-order valence-electron chi connectivity index (χ1n) is 9.21. The van der Waals surface area contributed by atoms with E-state index in [1.807, 2.05) is 0 Å². The quantitative estimate of drug-likeness (QED) is 0.549. The van der Waals surface area contributed by atoms with E-state index in [1.165, 1.54) is 12.1 Å². The SMILES string of the molecule is CC(C)[C@H](NC(=O)c1ccc2c(c1F)B(O)OC2)C(=O)OCc1ccc(F)cc1F. The van der Waals surface area contributed by atoms with Crippen LogP contribution in [-0.2, 0) is 27.4 Å². The molecule has 0 aliphatic carbocycles. The number of carbonyl (C=O) groups is 2. The lowest BCUT2D eigenvalue weighted by Crippen LogP contribution is -2.46. The molecule has 0 unspecified atom stereocenters. The van der Waals surface area contributed by atoms with Crippen molar-refractivity contribution < 1.29 is 37.2 Å². The van der Waals surface area contributed by atoms with Crippen molar-refractivity contribution in [2.45, 2.75) is 33.1 Å². The van der Waals surface area contributed by atoms with Crippen LogP contribution in [0.5, 0.6) is 0 Å². The second-order valence-corrected chi connectivity index (χ2v) is 7.20. The van der Waals surface area contributed by atoms with E-state index < -0.39 is 55.0 Å². The number of nitrogens with one attached hydrogen (secondary N) is 1. The standard InChI is InChI=1S/C20H19BF3NO5/c1-10(2)18(20(27)29-8-11-3-5-13(22)7-15(11)23)25-19(26)14-6-4-12-9-30-21(28)16(12)17(14)24/h3-7,10,18,28H,8-9H2,1-2H3,(H,25,26)/t18-/m0/s1. The van der Waals surface area contributed by atoms with Crippen LogP contribution < -0.4 is 10.8 Å². The van der Waals surface area contributed by atoms with E-state index in [4.69, 9.17) is 9.39 Å². The molecule has 0 saturated heterocycles. The second-order valence-electron chi connectivity index (χ2n) is 7.20. The van der Waals surface area contributed by atoms with Crippen molar-refractivity contribution in [1.29, 1.82) is 0 Å². The zero-order valence-electron chi connectivity index (χ0n) is 16.2. The fourth-order valence-corrected chi connectivity index (χ4v) is 3.05. The van der Waals surface area contributed by atoms with Crippen molar-refractivity contribution in [2.24, 2.45) is 5.92 Å². The molecular formula is C20H19BF3NO5. The van der Waals surface area contributed by atoms with Gasteiger partial charge in [-0.3, -0.25) is 4.79 Å². The van der Waals surface area contributed by atoms with Gasteiger partial charge in [-0.1, -0.05) is 19.9 Å². The number of esters is 1. The molecule has 0 radical (unpaired) electrons. The zero-order chi connectivity index (χ0) is 22.0. The fourth-order valence-electron chi connectivity index (χ4n) is 3.05. The minimum atomic E-state index is -1.47. The molecule has 158 valence electrons. The number of rotatable bonds is 6. The Bertz CT molecular complexity index is 985. The largest absolute Gasteiger partial charge is 0.494 e. The Labute approximate surface area is 171 Å². The van der Waals surface area contributed by atoms with Gasteiger partial charge in [0.05, 0.1) is 12.2 Å². The summed E-state index contributed by atoms with van der Waals surface area (Å²) < 4.78 is 51.4. The summed E-state index contributed by atoms with van der Waals surface area (Å²) in [5.41, 5.74) is -0.0747. The molecule has 0 aromatic heterocycles. The Balaban J connectivity index is 1.71. The number of carbonyl (C=O) groups excluding carboxylic acids is 2. The van der Waals surface area contributed by atoms with Gasteiger partial charge in [-0.2, -0.15) is 0 Å². The molecule has 1 heterocycles. The van der Waals surface area contributed by atoms with Crippen LogP contribution in [0, 0.1) is 23.4 Å². The van der Waals surface area contributed by atoms with Crippen LogP contribution in [0.2, 0.25) is 0 Å². The molecule has 2 N–H and O–H groups in total. The summed E-state index contributed by atoms with van der Waals surface area (Å²) in [5, 5.41) is 12.1. The summed E-state index contributed by atoms with van der Waals surface area (Å²) in [5.74, 6) is -4.72. The Kier molecular flexibility index (Phi) is 6.47. The molecule has 30 heavy (non-hydrogen) atoms. The first-order valence-corrected chi connectivity index (χ1v) is 9.21. The molecule has 6 nitrogen and oxygen atoms in total. The van der Waals surface area contributed by atoms with Gasteiger partial charge in [0.25, 0.3) is 5.91 Å². The van der Waals surface area contributed by atoms with Crippen LogP contribution in [0.4, 0.5) is 13.2 Å².